The maximum atomic E-state index is 13.2. The van der Waals surface area contributed by atoms with E-state index >= 15 is 0 Å². The fourth-order valence-corrected chi connectivity index (χ4v) is 1.61. The van der Waals surface area contributed by atoms with Crippen molar-refractivity contribution in [3.05, 3.63) is 35.1 Å². The largest absolute Gasteiger partial charge is 0.324 e. The van der Waals surface area contributed by atoms with Crippen molar-refractivity contribution in [2.75, 3.05) is 0 Å². The smallest absolute Gasteiger partial charge is 0.126 e. The summed E-state index contributed by atoms with van der Waals surface area (Å²) in [5, 5.41) is 0. The van der Waals surface area contributed by atoms with E-state index in [0.717, 1.165) is 24.8 Å². The number of hydrogen-bond donors (Lipinski definition) is 1. The van der Waals surface area contributed by atoms with Crippen LogP contribution < -0.4 is 5.73 Å². The van der Waals surface area contributed by atoms with E-state index in [1.54, 1.807) is 13.0 Å². The Morgan fingerprint density at radius 2 is 2.14 bits per heavy atom. The van der Waals surface area contributed by atoms with Gasteiger partial charge in [0.2, 0.25) is 0 Å². The molecule has 0 heterocycles. The molecule has 1 unspecified atom stereocenters. The lowest BCUT2D eigenvalue weighted by atomic mass is 9.97. The molecule has 0 saturated carbocycles. The second kappa shape index (κ2) is 5.11. The minimum Gasteiger partial charge on any atom is -0.324 e. The predicted molar refractivity (Wildman–Crippen MR) is 57.6 cm³/mol. The van der Waals surface area contributed by atoms with E-state index in [-0.39, 0.29) is 11.9 Å². The number of halogens is 1. The van der Waals surface area contributed by atoms with Crippen LogP contribution in [-0.2, 0) is 0 Å². The Bertz CT molecular complexity index is 296. The Kier molecular flexibility index (Phi) is 4.08. The fraction of sp³-hybridized carbons (Fsp3) is 0.500. The Hall–Kier alpha value is -0.890. The molecule has 0 bridgehead atoms. The molecule has 0 aromatic heterocycles. The predicted octanol–water partition coefficient (Wildman–Crippen LogP) is 3.32. The molecule has 0 radical (unpaired) electrons. The van der Waals surface area contributed by atoms with Crippen LogP contribution in [-0.4, -0.2) is 0 Å². The summed E-state index contributed by atoms with van der Waals surface area (Å²) in [6.07, 6.45) is 3.15. The van der Waals surface area contributed by atoms with Gasteiger partial charge in [-0.05, 0) is 30.5 Å². The van der Waals surface area contributed by atoms with E-state index in [1.807, 2.05) is 6.07 Å². The number of rotatable bonds is 4. The first kappa shape index (κ1) is 11.2. The van der Waals surface area contributed by atoms with E-state index in [2.05, 4.69) is 6.92 Å². The van der Waals surface area contributed by atoms with Crippen molar-refractivity contribution in [1.82, 2.24) is 0 Å². The summed E-state index contributed by atoms with van der Waals surface area (Å²) in [5.74, 6) is -0.158. The number of nitrogens with two attached hydrogens (primary N) is 1. The minimum absolute atomic E-state index is 0.0225. The number of unbranched alkanes of at least 4 members (excludes halogenated alkanes) is 1. The van der Waals surface area contributed by atoms with Crippen LogP contribution in [0, 0.1) is 12.7 Å². The van der Waals surface area contributed by atoms with Gasteiger partial charge in [-0.25, -0.2) is 4.39 Å². The molecule has 0 amide bonds. The molecule has 0 fully saturated rings. The van der Waals surface area contributed by atoms with Crippen LogP contribution >= 0.6 is 0 Å². The molecular weight excluding hydrogens is 177 g/mol. The molecule has 1 rings (SSSR count). The van der Waals surface area contributed by atoms with Crippen LogP contribution in [0.15, 0.2) is 18.2 Å². The molecule has 2 heteroatoms. The van der Waals surface area contributed by atoms with Gasteiger partial charge in [0.1, 0.15) is 5.82 Å². The van der Waals surface area contributed by atoms with Crippen molar-refractivity contribution < 1.29 is 4.39 Å². The van der Waals surface area contributed by atoms with Crippen molar-refractivity contribution >= 4 is 0 Å². The van der Waals surface area contributed by atoms with Crippen LogP contribution in [0.5, 0.6) is 0 Å². The van der Waals surface area contributed by atoms with Crippen LogP contribution in [0.3, 0.4) is 0 Å². The van der Waals surface area contributed by atoms with Crippen molar-refractivity contribution in [2.24, 2.45) is 5.73 Å². The molecule has 0 saturated heterocycles. The van der Waals surface area contributed by atoms with Crippen molar-refractivity contribution in [2.45, 2.75) is 39.2 Å². The summed E-state index contributed by atoms with van der Waals surface area (Å²) >= 11 is 0. The highest BCUT2D eigenvalue weighted by Gasteiger charge is 2.10. The van der Waals surface area contributed by atoms with Gasteiger partial charge in [-0.15, -0.1) is 0 Å². The first-order chi connectivity index (χ1) is 6.66. The third-order valence-corrected chi connectivity index (χ3v) is 2.58. The summed E-state index contributed by atoms with van der Waals surface area (Å²) in [4.78, 5) is 0. The van der Waals surface area contributed by atoms with Crippen LogP contribution in [0.1, 0.15) is 43.4 Å². The third kappa shape index (κ3) is 2.55. The van der Waals surface area contributed by atoms with Gasteiger partial charge in [-0.3, -0.25) is 0 Å². The van der Waals surface area contributed by atoms with Gasteiger partial charge in [0.25, 0.3) is 0 Å². The SMILES string of the molecule is CCCCC(N)c1cccc(F)c1C. The molecule has 1 atom stereocenters. The Morgan fingerprint density at radius 1 is 1.43 bits per heavy atom. The lowest BCUT2D eigenvalue weighted by Crippen LogP contribution is -2.12. The van der Waals surface area contributed by atoms with E-state index < -0.39 is 0 Å². The maximum absolute atomic E-state index is 13.2. The van der Waals surface area contributed by atoms with Gasteiger partial charge in [0.05, 0.1) is 0 Å². The minimum atomic E-state index is -0.158. The monoisotopic (exact) mass is 195 g/mol. The van der Waals surface area contributed by atoms with Crippen molar-refractivity contribution in [1.29, 1.82) is 0 Å². The summed E-state index contributed by atoms with van der Waals surface area (Å²) < 4.78 is 13.2. The van der Waals surface area contributed by atoms with E-state index in [4.69, 9.17) is 5.73 Å². The zero-order valence-corrected chi connectivity index (χ0v) is 8.89. The molecule has 0 spiro atoms. The van der Waals surface area contributed by atoms with Gasteiger partial charge >= 0.3 is 0 Å². The molecular formula is C12H18FN. The quantitative estimate of drug-likeness (QED) is 0.783. The normalized spacial score (nSPS) is 12.9. The molecule has 14 heavy (non-hydrogen) atoms. The topological polar surface area (TPSA) is 26.0 Å². The van der Waals surface area contributed by atoms with Crippen molar-refractivity contribution in [3.63, 3.8) is 0 Å². The first-order valence-corrected chi connectivity index (χ1v) is 5.17. The summed E-state index contributed by atoms with van der Waals surface area (Å²) in [6, 6.07) is 5.10. The molecule has 2 N–H and O–H groups in total. The van der Waals surface area contributed by atoms with E-state index in [1.165, 1.54) is 6.07 Å². The van der Waals surface area contributed by atoms with Gasteiger partial charge in [-0.1, -0.05) is 31.9 Å². The van der Waals surface area contributed by atoms with Gasteiger partial charge in [0, 0.05) is 6.04 Å². The molecule has 0 aliphatic carbocycles. The highest BCUT2D eigenvalue weighted by atomic mass is 19.1. The Morgan fingerprint density at radius 3 is 2.79 bits per heavy atom. The Balaban J connectivity index is 2.79. The van der Waals surface area contributed by atoms with Gasteiger partial charge < -0.3 is 5.73 Å². The molecule has 78 valence electrons. The molecule has 0 aliphatic heterocycles. The van der Waals surface area contributed by atoms with Crippen molar-refractivity contribution in [3.8, 4) is 0 Å². The summed E-state index contributed by atoms with van der Waals surface area (Å²) in [6.45, 7) is 3.92. The van der Waals surface area contributed by atoms with Gasteiger partial charge in [-0.2, -0.15) is 0 Å². The van der Waals surface area contributed by atoms with Crippen LogP contribution in [0.4, 0.5) is 4.39 Å². The second-order valence-corrected chi connectivity index (χ2v) is 3.70. The lowest BCUT2D eigenvalue weighted by molar-refractivity contribution is 0.580. The fourth-order valence-electron chi connectivity index (χ4n) is 1.61. The standard InChI is InChI=1S/C12H18FN/c1-3-4-8-12(14)10-6-5-7-11(13)9(10)2/h5-7,12H,3-4,8,14H2,1-2H3. The van der Waals surface area contributed by atoms with E-state index in [0.29, 0.717) is 5.56 Å². The van der Waals surface area contributed by atoms with Gasteiger partial charge in [0.15, 0.2) is 0 Å². The zero-order valence-electron chi connectivity index (χ0n) is 8.89. The van der Waals surface area contributed by atoms with Crippen LogP contribution in [0.25, 0.3) is 0 Å². The maximum Gasteiger partial charge on any atom is 0.126 e. The number of benzene rings is 1. The average molecular weight is 195 g/mol. The second-order valence-electron chi connectivity index (χ2n) is 3.70. The molecule has 0 aliphatic rings. The number of hydrogen-bond acceptors (Lipinski definition) is 1. The zero-order chi connectivity index (χ0) is 10.6. The molecule has 1 nitrogen and oxygen atoms in total. The highest BCUT2D eigenvalue weighted by molar-refractivity contribution is 5.29. The highest BCUT2D eigenvalue weighted by Crippen LogP contribution is 2.21. The average Bonchev–Trinajstić information content (AvgIpc) is 2.18. The van der Waals surface area contributed by atoms with Crippen LogP contribution in [0.2, 0.25) is 0 Å². The molecule has 1 aromatic carbocycles. The Labute approximate surface area is 85.1 Å². The third-order valence-electron chi connectivity index (χ3n) is 2.58. The summed E-state index contributed by atoms with van der Waals surface area (Å²) in [7, 11) is 0. The van der Waals surface area contributed by atoms with E-state index in [9.17, 15) is 4.39 Å². The molecule has 1 aromatic rings. The summed E-state index contributed by atoms with van der Waals surface area (Å²) in [5.41, 5.74) is 7.62. The first-order valence-electron chi connectivity index (χ1n) is 5.17. The lowest BCUT2D eigenvalue weighted by Gasteiger charge is -2.14.